The Balaban J connectivity index is 1.75. The molecule has 3 heterocycles. The average molecular weight is 334 g/mol. The van der Waals surface area contributed by atoms with Crippen LogP contribution in [0.2, 0.25) is 0 Å². The number of nitrogen functional groups attached to an aromatic ring is 1. The summed E-state index contributed by atoms with van der Waals surface area (Å²) < 4.78 is 7.38. The lowest BCUT2D eigenvalue weighted by Gasteiger charge is -2.07. The number of aromatic nitrogens is 3. The third-order valence-electron chi connectivity index (χ3n) is 3.94. The summed E-state index contributed by atoms with van der Waals surface area (Å²) >= 11 is 0. The molecule has 0 spiro atoms. The molecule has 4 rings (SSSR count). The minimum Gasteiger partial charge on any atom is -0.478 e. The summed E-state index contributed by atoms with van der Waals surface area (Å²) in [7, 11) is 0. The summed E-state index contributed by atoms with van der Waals surface area (Å²) in [5.41, 5.74) is 8.42. The smallest absolute Gasteiger partial charge is 0.335 e. The second-order valence-corrected chi connectivity index (χ2v) is 5.59. The van der Waals surface area contributed by atoms with E-state index in [-0.39, 0.29) is 11.5 Å². The molecule has 0 atom stereocenters. The Bertz CT molecular complexity index is 1050. The third kappa shape index (κ3) is 2.72. The summed E-state index contributed by atoms with van der Waals surface area (Å²) in [6.45, 7) is 0.539. The maximum atomic E-state index is 10.9. The number of rotatable bonds is 4. The van der Waals surface area contributed by atoms with Crippen LogP contribution in [0.15, 0.2) is 59.3 Å². The number of nitrogens with zero attached hydrogens (tertiary/aromatic N) is 3. The van der Waals surface area contributed by atoms with E-state index >= 15 is 0 Å². The van der Waals surface area contributed by atoms with E-state index in [1.54, 1.807) is 36.6 Å². The van der Waals surface area contributed by atoms with Gasteiger partial charge in [0.1, 0.15) is 11.3 Å². The monoisotopic (exact) mass is 334 g/mol. The Morgan fingerprint density at radius 1 is 1.16 bits per heavy atom. The quantitative estimate of drug-likeness (QED) is 0.594. The normalized spacial score (nSPS) is 11.0. The molecular formula is C18H14N4O3. The van der Waals surface area contributed by atoms with Crippen molar-refractivity contribution in [2.45, 2.75) is 6.54 Å². The van der Waals surface area contributed by atoms with E-state index in [1.165, 1.54) is 0 Å². The van der Waals surface area contributed by atoms with Gasteiger partial charge in [-0.3, -0.25) is 0 Å². The number of benzene rings is 1. The van der Waals surface area contributed by atoms with Gasteiger partial charge in [0.25, 0.3) is 0 Å². The van der Waals surface area contributed by atoms with Gasteiger partial charge in [0.05, 0.1) is 11.8 Å². The Hall–Kier alpha value is -3.61. The molecule has 0 aliphatic heterocycles. The van der Waals surface area contributed by atoms with Crippen LogP contribution in [0.25, 0.3) is 22.5 Å². The van der Waals surface area contributed by atoms with Crippen molar-refractivity contribution in [1.29, 1.82) is 0 Å². The topological polar surface area (TPSA) is 107 Å². The summed E-state index contributed by atoms with van der Waals surface area (Å²) in [5, 5.41) is 9.82. The van der Waals surface area contributed by atoms with Crippen LogP contribution in [0, 0.1) is 0 Å². The van der Waals surface area contributed by atoms with Crippen molar-refractivity contribution in [2.24, 2.45) is 0 Å². The number of nitrogens with two attached hydrogens (primary N) is 1. The predicted octanol–water partition coefficient (Wildman–Crippen LogP) is 3.02. The van der Waals surface area contributed by atoms with Crippen LogP contribution in [-0.4, -0.2) is 25.6 Å². The van der Waals surface area contributed by atoms with Gasteiger partial charge in [0.2, 0.25) is 5.95 Å². The fourth-order valence-electron chi connectivity index (χ4n) is 2.76. The average Bonchev–Trinajstić information content (AvgIpc) is 3.25. The molecule has 3 N–H and O–H groups in total. The molecule has 124 valence electrons. The first kappa shape index (κ1) is 14.9. The van der Waals surface area contributed by atoms with Crippen molar-refractivity contribution in [3.05, 3.63) is 66.1 Å². The van der Waals surface area contributed by atoms with Gasteiger partial charge in [0.15, 0.2) is 5.76 Å². The molecule has 25 heavy (non-hydrogen) atoms. The van der Waals surface area contributed by atoms with Crippen molar-refractivity contribution >= 4 is 23.0 Å². The van der Waals surface area contributed by atoms with Crippen molar-refractivity contribution in [3.63, 3.8) is 0 Å². The largest absolute Gasteiger partial charge is 0.478 e. The highest BCUT2D eigenvalue weighted by Crippen LogP contribution is 2.28. The lowest BCUT2D eigenvalue weighted by atomic mass is 10.1. The summed E-state index contributed by atoms with van der Waals surface area (Å²) in [4.78, 5) is 19.6. The molecule has 1 aromatic carbocycles. The highest BCUT2D eigenvalue weighted by Gasteiger charge is 2.14. The number of fused-ring (bicyclic) bond motifs is 1. The first-order valence-corrected chi connectivity index (χ1v) is 7.60. The van der Waals surface area contributed by atoms with Gasteiger partial charge in [-0.1, -0.05) is 12.1 Å². The van der Waals surface area contributed by atoms with Gasteiger partial charge < -0.3 is 19.8 Å². The zero-order chi connectivity index (χ0) is 17.4. The van der Waals surface area contributed by atoms with E-state index in [0.29, 0.717) is 23.6 Å². The lowest BCUT2D eigenvalue weighted by molar-refractivity contribution is 0.0697. The van der Waals surface area contributed by atoms with Gasteiger partial charge in [-0.15, -0.1) is 0 Å². The van der Waals surface area contributed by atoms with Crippen molar-refractivity contribution < 1.29 is 14.3 Å². The van der Waals surface area contributed by atoms with Gasteiger partial charge >= 0.3 is 5.97 Å². The number of hydrogen-bond donors (Lipinski definition) is 2. The highest BCUT2D eigenvalue weighted by molar-refractivity contribution is 5.90. The molecule has 0 radical (unpaired) electrons. The van der Waals surface area contributed by atoms with Gasteiger partial charge in [-0.25, -0.2) is 9.78 Å². The van der Waals surface area contributed by atoms with Crippen LogP contribution in [0.5, 0.6) is 0 Å². The minimum atomic E-state index is -0.943. The minimum absolute atomic E-state index is 0.167. The molecular weight excluding hydrogens is 320 g/mol. The maximum absolute atomic E-state index is 10.9. The number of carboxylic acid groups (broad SMARTS) is 1. The van der Waals surface area contributed by atoms with E-state index in [4.69, 9.17) is 15.3 Å². The van der Waals surface area contributed by atoms with Crippen LogP contribution in [0.4, 0.5) is 5.95 Å². The van der Waals surface area contributed by atoms with Crippen LogP contribution in [-0.2, 0) is 6.54 Å². The van der Waals surface area contributed by atoms with Crippen LogP contribution in [0.1, 0.15) is 15.9 Å². The van der Waals surface area contributed by atoms with E-state index in [2.05, 4.69) is 9.97 Å². The summed E-state index contributed by atoms with van der Waals surface area (Å²) in [6, 6.07) is 12.3. The first-order valence-electron chi connectivity index (χ1n) is 7.60. The number of hydrogen-bond acceptors (Lipinski definition) is 5. The van der Waals surface area contributed by atoms with E-state index in [1.807, 2.05) is 22.9 Å². The molecule has 3 aromatic heterocycles. The molecule has 0 bridgehead atoms. The molecule has 0 aliphatic carbocycles. The zero-order valence-electron chi connectivity index (χ0n) is 13.1. The molecule has 7 heteroatoms. The van der Waals surface area contributed by atoms with Crippen LogP contribution < -0.4 is 5.73 Å². The molecule has 4 aromatic rings. The molecule has 0 aliphatic rings. The fourth-order valence-corrected chi connectivity index (χ4v) is 2.76. The summed E-state index contributed by atoms with van der Waals surface area (Å²) in [5.74, 6) is -0.149. The van der Waals surface area contributed by atoms with E-state index in [9.17, 15) is 4.79 Å². The Kier molecular flexibility index (Phi) is 3.46. The van der Waals surface area contributed by atoms with Gasteiger partial charge in [0, 0.05) is 18.1 Å². The number of aromatic carboxylic acids is 1. The van der Waals surface area contributed by atoms with Crippen LogP contribution in [0.3, 0.4) is 0 Å². The Morgan fingerprint density at radius 2 is 1.96 bits per heavy atom. The number of anilines is 1. The summed E-state index contributed by atoms with van der Waals surface area (Å²) in [6.07, 6.45) is 3.48. The number of furan rings is 1. The lowest BCUT2D eigenvalue weighted by Crippen LogP contribution is -2.03. The van der Waals surface area contributed by atoms with Gasteiger partial charge in [-0.05, 0) is 35.9 Å². The van der Waals surface area contributed by atoms with E-state index < -0.39 is 5.97 Å². The molecule has 0 fully saturated rings. The molecule has 0 amide bonds. The Labute approximate surface area is 142 Å². The van der Waals surface area contributed by atoms with Gasteiger partial charge in [-0.2, -0.15) is 4.98 Å². The SMILES string of the molecule is Nc1nc(-c2ccco2)c2ccn(Cc3ccc(C(=O)O)cc3)c2n1. The standard InChI is InChI=1S/C18H14N4O3/c19-18-20-15(14-2-1-9-25-14)13-7-8-22(16(13)21-18)10-11-3-5-12(6-4-11)17(23)24/h1-9H,10H2,(H,23,24)(H2,19,20,21). The fraction of sp³-hybridized carbons (Fsp3) is 0.0556. The van der Waals surface area contributed by atoms with Crippen molar-refractivity contribution in [2.75, 3.05) is 5.73 Å². The zero-order valence-corrected chi connectivity index (χ0v) is 13.1. The van der Waals surface area contributed by atoms with Crippen molar-refractivity contribution in [3.8, 4) is 11.5 Å². The molecule has 0 saturated heterocycles. The number of carboxylic acids is 1. The second kappa shape index (κ2) is 5.79. The predicted molar refractivity (Wildman–Crippen MR) is 92.1 cm³/mol. The third-order valence-corrected chi connectivity index (χ3v) is 3.94. The van der Waals surface area contributed by atoms with E-state index in [0.717, 1.165) is 10.9 Å². The number of carbonyl (C=O) groups is 1. The maximum Gasteiger partial charge on any atom is 0.335 e. The highest BCUT2D eigenvalue weighted by atomic mass is 16.4. The second-order valence-electron chi connectivity index (χ2n) is 5.59. The molecule has 7 nitrogen and oxygen atoms in total. The Morgan fingerprint density at radius 3 is 2.64 bits per heavy atom. The van der Waals surface area contributed by atoms with Crippen molar-refractivity contribution in [1.82, 2.24) is 14.5 Å². The van der Waals surface area contributed by atoms with Crippen LogP contribution >= 0.6 is 0 Å². The molecule has 0 saturated carbocycles. The molecule has 0 unspecified atom stereocenters. The first-order chi connectivity index (χ1) is 12.1.